The quantitative estimate of drug-likeness (QED) is 0.906. The molecule has 1 fully saturated rings. The van der Waals surface area contributed by atoms with Crippen molar-refractivity contribution in [3.05, 3.63) is 65.7 Å². The summed E-state index contributed by atoms with van der Waals surface area (Å²) in [5.74, 6) is 0.218. The Hall–Kier alpha value is -2.29. The van der Waals surface area contributed by atoms with E-state index in [2.05, 4.69) is 0 Å². The van der Waals surface area contributed by atoms with Crippen LogP contribution in [0.4, 0.5) is 0 Å². The third-order valence-electron chi connectivity index (χ3n) is 4.26. The van der Waals surface area contributed by atoms with Crippen LogP contribution in [0.15, 0.2) is 54.6 Å². The van der Waals surface area contributed by atoms with Crippen LogP contribution in [0.3, 0.4) is 0 Å². The van der Waals surface area contributed by atoms with E-state index in [0.717, 1.165) is 16.9 Å². The van der Waals surface area contributed by atoms with Gasteiger partial charge in [-0.15, -0.1) is 0 Å². The number of ether oxygens (including phenoxy) is 1. The normalized spacial score (nSPS) is 23.6. The highest BCUT2D eigenvalue weighted by molar-refractivity contribution is 5.80. The molecule has 2 aromatic rings. The summed E-state index contributed by atoms with van der Waals surface area (Å²) >= 11 is 0. The Morgan fingerprint density at radius 2 is 1.86 bits per heavy atom. The predicted molar refractivity (Wildman–Crippen MR) is 80.3 cm³/mol. The van der Waals surface area contributed by atoms with Crippen molar-refractivity contribution in [3.63, 3.8) is 0 Å². The maximum Gasteiger partial charge on any atom is 0.309 e. The summed E-state index contributed by atoms with van der Waals surface area (Å²) in [6.07, 6.45) is 0.715. The summed E-state index contributed by atoms with van der Waals surface area (Å²) in [4.78, 5) is 11.2. The van der Waals surface area contributed by atoms with Gasteiger partial charge in [0.1, 0.15) is 12.4 Å². The molecule has 1 aliphatic rings. The largest absolute Gasteiger partial charge is 0.489 e. The summed E-state index contributed by atoms with van der Waals surface area (Å²) in [5.41, 5.74) is 1.61. The van der Waals surface area contributed by atoms with E-state index in [1.807, 2.05) is 54.6 Å². The van der Waals surface area contributed by atoms with E-state index in [4.69, 9.17) is 4.74 Å². The molecule has 0 bridgehead atoms. The van der Waals surface area contributed by atoms with Crippen molar-refractivity contribution in [3.8, 4) is 5.75 Å². The molecule has 1 aliphatic carbocycles. The molecule has 0 aromatic heterocycles. The number of rotatable bonds is 5. The van der Waals surface area contributed by atoms with E-state index in [0.29, 0.717) is 13.0 Å². The van der Waals surface area contributed by atoms with Gasteiger partial charge in [-0.2, -0.15) is 0 Å². The molecule has 0 amide bonds. The molecule has 1 saturated carbocycles. The third-order valence-corrected chi connectivity index (χ3v) is 4.26. The molecule has 1 N–H and O–H groups in total. The smallest absolute Gasteiger partial charge is 0.309 e. The van der Waals surface area contributed by atoms with Crippen LogP contribution >= 0.6 is 0 Å². The number of hydrogen-bond donors (Lipinski definition) is 1. The van der Waals surface area contributed by atoms with Crippen molar-refractivity contribution in [2.24, 2.45) is 5.41 Å². The van der Waals surface area contributed by atoms with Crippen LogP contribution in [-0.2, 0) is 11.4 Å². The summed E-state index contributed by atoms with van der Waals surface area (Å²) in [6, 6.07) is 17.8. The minimum atomic E-state index is -0.711. The van der Waals surface area contributed by atoms with Gasteiger partial charge in [0.2, 0.25) is 0 Å². The fourth-order valence-electron chi connectivity index (χ4n) is 2.62. The number of hydrogen-bond acceptors (Lipinski definition) is 2. The Morgan fingerprint density at radius 1 is 1.19 bits per heavy atom. The van der Waals surface area contributed by atoms with Crippen LogP contribution in [-0.4, -0.2) is 11.1 Å². The molecule has 3 rings (SSSR count). The average Bonchev–Trinajstić information content (AvgIpc) is 3.21. The van der Waals surface area contributed by atoms with Crippen molar-refractivity contribution in [1.82, 2.24) is 0 Å². The van der Waals surface area contributed by atoms with Crippen LogP contribution in [0, 0.1) is 5.41 Å². The molecule has 3 nitrogen and oxygen atoms in total. The molecule has 0 heterocycles. The molecule has 2 aromatic carbocycles. The minimum Gasteiger partial charge on any atom is -0.489 e. The van der Waals surface area contributed by atoms with Gasteiger partial charge in [-0.05, 0) is 36.6 Å². The summed E-state index contributed by atoms with van der Waals surface area (Å²) in [6.45, 7) is 2.34. The van der Waals surface area contributed by atoms with E-state index in [9.17, 15) is 9.90 Å². The number of carboxylic acid groups (broad SMARTS) is 1. The highest BCUT2D eigenvalue weighted by Crippen LogP contribution is 2.59. The second kappa shape index (κ2) is 5.24. The lowest BCUT2D eigenvalue weighted by molar-refractivity contribution is -0.142. The molecule has 0 spiro atoms. The monoisotopic (exact) mass is 282 g/mol. The minimum absolute atomic E-state index is 0.123. The Kier molecular flexibility index (Phi) is 3.42. The number of carboxylic acids is 1. The van der Waals surface area contributed by atoms with Crippen molar-refractivity contribution in [2.75, 3.05) is 0 Å². The van der Waals surface area contributed by atoms with Gasteiger partial charge < -0.3 is 9.84 Å². The first-order valence-electron chi connectivity index (χ1n) is 7.10. The highest BCUT2D eigenvalue weighted by Gasteiger charge is 2.56. The van der Waals surface area contributed by atoms with Gasteiger partial charge >= 0.3 is 5.97 Å². The molecular weight excluding hydrogens is 264 g/mol. The predicted octanol–water partition coefficient (Wildman–Crippen LogP) is 3.84. The third kappa shape index (κ3) is 2.77. The molecule has 3 heteroatoms. The summed E-state index contributed by atoms with van der Waals surface area (Å²) < 4.78 is 5.73. The van der Waals surface area contributed by atoms with Gasteiger partial charge in [-0.1, -0.05) is 42.5 Å². The highest BCUT2D eigenvalue weighted by atomic mass is 16.5. The molecule has 0 aliphatic heterocycles. The van der Waals surface area contributed by atoms with Gasteiger partial charge in [0, 0.05) is 5.92 Å². The van der Waals surface area contributed by atoms with E-state index in [1.54, 1.807) is 6.92 Å². The van der Waals surface area contributed by atoms with E-state index < -0.39 is 11.4 Å². The number of carbonyl (C=O) groups is 1. The van der Waals surface area contributed by atoms with Gasteiger partial charge in [0.25, 0.3) is 0 Å². The van der Waals surface area contributed by atoms with Crippen LogP contribution in [0.25, 0.3) is 0 Å². The maximum absolute atomic E-state index is 11.2. The summed E-state index contributed by atoms with van der Waals surface area (Å²) in [5, 5.41) is 9.18. The van der Waals surface area contributed by atoms with Crippen molar-refractivity contribution < 1.29 is 14.6 Å². The molecule has 2 unspecified atom stereocenters. The van der Waals surface area contributed by atoms with Crippen molar-refractivity contribution in [1.29, 1.82) is 0 Å². The first-order chi connectivity index (χ1) is 10.1. The zero-order valence-corrected chi connectivity index (χ0v) is 12.0. The SMILES string of the molecule is CC1(C(=O)O)CC1c1ccc(OCc2ccccc2)cc1. The fraction of sp³-hybridized carbons (Fsp3) is 0.278. The topological polar surface area (TPSA) is 46.5 Å². The Labute approximate surface area is 124 Å². The lowest BCUT2D eigenvalue weighted by Crippen LogP contribution is -2.12. The Morgan fingerprint density at radius 3 is 2.43 bits per heavy atom. The lowest BCUT2D eigenvalue weighted by atomic mass is 10.0. The standard InChI is InChI=1S/C18H18O3/c1-18(17(19)20)11-16(18)14-7-9-15(10-8-14)21-12-13-5-3-2-4-6-13/h2-10,16H,11-12H2,1H3,(H,19,20). The molecular formula is C18H18O3. The lowest BCUT2D eigenvalue weighted by Gasteiger charge is -2.08. The van der Waals surface area contributed by atoms with Gasteiger partial charge in [0.15, 0.2) is 0 Å². The zero-order valence-electron chi connectivity index (χ0n) is 12.0. The van der Waals surface area contributed by atoms with E-state index in [1.165, 1.54) is 0 Å². The van der Waals surface area contributed by atoms with Crippen LogP contribution in [0.2, 0.25) is 0 Å². The molecule has 0 saturated heterocycles. The number of benzene rings is 2. The second-order valence-corrected chi connectivity index (χ2v) is 5.82. The molecule has 108 valence electrons. The van der Waals surface area contributed by atoms with Gasteiger partial charge in [-0.3, -0.25) is 4.79 Å². The van der Waals surface area contributed by atoms with Crippen LogP contribution in [0.5, 0.6) is 5.75 Å². The summed E-state index contributed by atoms with van der Waals surface area (Å²) in [7, 11) is 0. The Balaban J connectivity index is 1.62. The average molecular weight is 282 g/mol. The first-order valence-corrected chi connectivity index (χ1v) is 7.10. The molecule has 2 atom stereocenters. The zero-order chi connectivity index (χ0) is 14.9. The first kappa shape index (κ1) is 13.7. The van der Waals surface area contributed by atoms with E-state index in [-0.39, 0.29) is 5.92 Å². The van der Waals surface area contributed by atoms with Crippen molar-refractivity contribution in [2.45, 2.75) is 25.9 Å². The van der Waals surface area contributed by atoms with Gasteiger partial charge in [-0.25, -0.2) is 0 Å². The van der Waals surface area contributed by atoms with E-state index >= 15 is 0 Å². The molecule has 0 radical (unpaired) electrons. The van der Waals surface area contributed by atoms with Gasteiger partial charge in [0.05, 0.1) is 5.41 Å². The Bertz CT molecular complexity index is 633. The fourth-order valence-corrected chi connectivity index (χ4v) is 2.62. The number of aliphatic carboxylic acids is 1. The maximum atomic E-state index is 11.2. The van der Waals surface area contributed by atoms with Crippen molar-refractivity contribution >= 4 is 5.97 Å². The molecule has 21 heavy (non-hydrogen) atoms. The van der Waals surface area contributed by atoms with Crippen LogP contribution < -0.4 is 4.74 Å². The second-order valence-electron chi connectivity index (χ2n) is 5.82. The van der Waals surface area contributed by atoms with Crippen LogP contribution in [0.1, 0.15) is 30.4 Å².